The van der Waals surface area contributed by atoms with Crippen molar-refractivity contribution < 1.29 is 19.0 Å². The first-order chi connectivity index (χ1) is 12.8. The van der Waals surface area contributed by atoms with E-state index >= 15 is 0 Å². The maximum Gasteiger partial charge on any atom is 0.258 e. The Labute approximate surface area is 151 Å². The molecule has 5 heteroatoms. The summed E-state index contributed by atoms with van der Waals surface area (Å²) < 4.78 is 17.2. The van der Waals surface area contributed by atoms with Crippen LogP contribution in [-0.4, -0.2) is 31.8 Å². The number of hydrogen-bond donors (Lipinski definition) is 1. The number of para-hydroxylation sites is 2. The zero-order valence-electron chi connectivity index (χ0n) is 14.2. The topological polar surface area (TPSA) is 56.8 Å². The van der Waals surface area contributed by atoms with Gasteiger partial charge in [-0.3, -0.25) is 4.79 Å². The quantitative estimate of drug-likeness (QED) is 0.769. The molecular weight excluding hydrogens is 330 g/mol. The van der Waals surface area contributed by atoms with Gasteiger partial charge in [-0.2, -0.15) is 0 Å². The summed E-state index contributed by atoms with van der Waals surface area (Å²) in [5.41, 5.74) is 0. The lowest BCUT2D eigenvalue weighted by atomic mass is 10.1. The van der Waals surface area contributed by atoms with Gasteiger partial charge in [0.25, 0.3) is 5.91 Å². The second kappa shape index (κ2) is 7.35. The highest BCUT2D eigenvalue weighted by atomic mass is 16.6. The van der Waals surface area contributed by atoms with E-state index < -0.39 is 0 Å². The summed E-state index contributed by atoms with van der Waals surface area (Å²) in [7, 11) is 0. The van der Waals surface area contributed by atoms with Crippen molar-refractivity contribution >= 4 is 16.7 Å². The normalized spacial score (nSPS) is 15.5. The Balaban J connectivity index is 1.30. The molecule has 1 aliphatic rings. The summed E-state index contributed by atoms with van der Waals surface area (Å²) in [6, 6.07) is 21.2. The van der Waals surface area contributed by atoms with E-state index in [-0.39, 0.29) is 18.6 Å². The van der Waals surface area contributed by atoms with Gasteiger partial charge in [-0.15, -0.1) is 0 Å². The molecule has 0 bridgehead atoms. The predicted molar refractivity (Wildman–Crippen MR) is 98.8 cm³/mol. The van der Waals surface area contributed by atoms with Crippen LogP contribution in [0.2, 0.25) is 0 Å². The molecule has 0 saturated heterocycles. The van der Waals surface area contributed by atoms with E-state index in [0.717, 1.165) is 16.5 Å². The van der Waals surface area contributed by atoms with Crippen LogP contribution in [0.3, 0.4) is 0 Å². The van der Waals surface area contributed by atoms with Crippen LogP contribution in [-0.2, 0) is 4.79 Å². The monoisotopic (exact) mass is 349 g/mol. The molecule has 5 nitrogen and oxygen atoms in total. The van der Waals surface area contributed by atoms with Crippen LogP contribution in [0, 0.1) is 0 Å². The molecule has 26 heavy (non-hydrogen) atoms. The second-order valence-corrected chi connectivity index (χ2v) is 6.07. The minimum Gasteiger partial charge on any atom is -0.486 e. The minimum absolute atomic E-state index is 0.0435. The summed E-state index contributed by atoms with van der Waals surface area (Å²) in [6.07, 6.45) is -0.216. The lowest BCUT2D eigenvalue weighted by Gasteiger charge is -2.26. The minimum atomic E-state index is -0.216. The van der Waals surface area contributed by atoms with Crippen LogP contribution < -0.4 is 19.5 Å². The number of rotatable bonds is 5. The van der Waals surface area contributed by atoms with Gasteiger partial charge in [-0.25, -0.2) is 0 Å². The molecule has 0 aromatic heterocycles. The summed E-state index contributed by atoms with van der Waals surface area (Å²) in [6.45, 7) is 0.728. The third-order valence-electron chi connectivity index (χ3n) is 4.20. The average Bonchev–Trinajstić information content (AvgIpc) is 2.70. The zero-order valence-corrected chi connectivity index (χ0v) is 14.2. The first-order valence-corrected chi connectivity index (χ1v) is 8.55. The maximum atomic E-state index is 12.1. The first-order valence-electron chi connectivity index (χ1n) is 8.55. The molecule has 0 spiro atoms. The first kappa shape index (κ1) is 16.3. The molecule has 1 N–H and O–H groups in total. The van der Waals surface area contributed by atoms with Gasteiger partial charge in [0, 0.05) is 5.39 Å². The van der Waals surface area contributed by atoms with Crippen molar-refractivity contribution in [3.8, 4) is 17.2 Å². The van der Waals surface area contributed by atoms with Crippen molar-refractivity contribution in [3.63, 3.8) is 0 Å². The van der Waals surface area contributed by atoms with Crippen molar-refractivity contribution in [1.29, 1.82) is 0 Å². The van der Waals surface area contributed by atoms with Crippen LogP contribution in [0.4, 0.5) is 0 Å². The summed E-state index contributed by atoms with van der Waals surface area (Å²) in [5.74, 6) is 1.93. The maximum absolute atomic E-state index is 12.1. The van der Waals surface area contributed by atoms with Crippen molar-refractivity contribution in [3.05, 3.63) is 66.7 Å². The van der Waals surface area contributed by atoms with Gasteiger partial charge in [0.05, 0.1) is 6.54 Å². The molecule has 3 aromatic rings. The Kier molecular flexibility index (Phi) is 4.60. The van der Waals surface area contributed by atoms with Crippen molar-refractivity contribution in [2.24, 2.45) is 0 Å². The number of ether oxygens (including phenoxy) is 3. The Morgan fingerprint density at radius 2 is 1.77 bits per heavy atom. The zero-order chi connectivity index (χ0) is 17.8. The van der Waals surface area contributed by atoms with Crippen LogP contribution >= 0.6 is 0 Å². The number of amides is 1. The smallest absolute Gasteiger partial charge is 0.258 e. The Morgan fingerprint density at radius 3 is 2.69 bits per heavy atom. The highest BCUT2D eigenvalue weighted by molar-refractivity contribution is 5.88. The third-order valence-corrected chi connectivity index (χ3v) is 4.20. The van der Waals surface area contributed by atoms with E-state index in [1.807, 2.05) is 66.7 Å². The highest BCUT2D eigenvalue weighted by Crippen LogP contribution is 2.30. The van der Waals surface area contributed by atoms with Crippen molar-refractivity contribution in [2.75, 3.05) is 19.8 Å². The molecular formula is C21H19NO4. The fourth-order valence-electron chi connectivity index (χ4n) is 2.91. The summed E-state index contributed by atoms with van der Waals surface area (Å²) in [5, 5.41) is 4.90. The van der Waals surface area contributed by atoms with Gasteiger partial charge in [0.15, 0.2) is 18.1 Å². The highest BCUT2D eigenvalue weighted by Gasteiger charge is 2.21. The Morgan fingerprint density at radius 1 is 1.00 bits per heavy atom. The number of fused-ring (bicyclic) bond motifs is 2. The van der Waals surface area contributed by atoms with Crippen LogP contribution in [0.15, 0.2) is 66.7 Å². The average molecular weight is 349 g/mol. The van der Waals surface area contributed by atoms with Gasteiger partial charge >= 0.3 is 0 Å². The molecule has 3 aromatic carbocycles. The van der Waals surface area contributed by atoms with Crippen LogP contribution in [0.25, 0.3) is 10.8 Å². The van der Waals surface area contributed by atoms with E-state index in [0.29, 0.717) is 24.7 Å². The molecule has 0 unspecified atom stereocenters. The number of nitrogens with one attached hydrogen (secondary N) is 1. The van der Waals surface area contributed by atoms with Gasteiger partial charge in [-0.1, -0.05) is 48.5 Å². The Hall–Kier alpha value is -3.21. The fourth-order valence-corrected chi connectivity index (χ4v) is 2.91. The van der Waals surface area contributed by atoms with Crippen LogP contribution in [0.1, 0.15) is 0 Å². The molecule has 1 aliphatic heterocycles. The number of benzene rings is 3. The lowest BCUT2D eigenvalue weighted by molar-refractivity contribution is -0.123. The molecule has 1 amide bonds. The van der Waals surface area contributed by atoms with Crippen molar-refractivity contribution in [1.82, 2.24) is 5.32 Å². The molecule has 1 heterocycles. The molecule has 1 atom stereocenters. The van der Waals surface area contributed by atoms with Gasteiger partial charge in [0.2, 0.25) is 0 Å². The van der Waals surface area contributed by atoms with E-state index in [4.69, 9.17) is 14.2 Å². The van der Waals surface area contributed by atoms with E-state index in [1.165, 1.54) is 0 Å². The molecule has 132 valence electrons. The molecule has 4 rings (SSSR count). The summed E-state index contributed by atoms with van der Waals surface area (Å²) in [4.78, 5) is 12.1. The Bertz CT molecular complexity index is 919. The fraction of sp³-hybridized carbons (Fsp3) is 0.190. The number of carbonyl (C=O) groups is 1. The number of carbonyl (C=O) groups excluding carboxylic acids is 1. The molecule has 0 fully saturated rings. The second-order valence-electron chi connectivity index (χ2n) is 6.07. The van der Waals surface area contributed by atoms with Crippen LogP contribution in [0.5, 0.6) is 17.2 Å². The lowest BCUT2D eigenvalue weighted by Crippen LogP contribution is -2.42. The molecule has 0 saturated carbocycles. The molecule has 0 aliphatic carbocycles. The van der Waals surface area contributed by atoms with E-state index in [9.17, 15) is 4.79 Å². The summed E-state index contributed by atoms with van der Waals surface area (Å²) >= 11 is 0. The number of hydrogen-bond acceptors (Lipinski definition) is 4. The van der Waals surface area contributed by atoms with Gasteiger partial charge in [0.1, 0.15) is 18.5 Å². The largest absolute Gasteiger partial charge is 0.486 e. The SMILES string of the molecule is O=C(COc1cccc2ccccc12)NC[C@H]1COc2ccccc2O1. The van der Waals surface area contributed by atoms with Gasteiger partial charge in [-0.05, 0) is 23.6 Å². The standard InChI is InChI=1S/C21H19NO4/c23-21(14-25-18-11-5-7-15-6-1-2-8-17(15)18)22-12-16-13-24-19-9-3-4-10-20(19)26-16/h1-11,16H,12-14H2,(H,22,23)/t16-/m0/s1. The van der Waals surface area contributed by atoms with E-state index in [1.54, 1.807) is 0 Å². The van der Waals surface area contributed by atoms with E-state index in [2.05, 4.69) is 5.32 Å². The molecule has 0 radical (unpaired) electrons. The third kappa shape index (κ3) is 3.57. The van der Waals surface area contributed by atoms with Crippen molar-refractivity contribution in [2.45, 2.75) is 6.10 Å². The van der Waals surface area contributed by atoms with Gasteiger partial charge < -0.3 is 19.5 Å². The predicted octanol–water partition coefficient (Wildman–Crippen LogP) is 3.17.